The number of carboxylic acid groups (broad SMARTS) is 1. The molecule has 0 saturated carbocycles. The van der Waals surface area contributed by atoms with Crippen molar-refractivity contribution in [2.75, 3.05) is 4.90 Å². The normalized spacial score (nSPS) is 15.2. The van der Waals surface area contributed by atoms with Gasteiger partial charge in [0.2, 0.25) is 0 Å². The molecular formula is C24H17ClN2O5S. The van der Waals surface area contributed by atoms with E-state index in [0.29, 0.717) is 27.6 Å². The number of halogens is 1. The Bertz CT molecular complexity index is 1370. The number of amides is 2. The second kappa shape index (κ2) is 8.65. The van der Waals surface area contributed by atoms with E-state index in [2.05, 4.69) is 5.32 Å². The Hall–Kier alpha value is -3.75. The number of benzene rings is 2. The number of nitrogens with one attached hydrogen (secondary N) is 1. The van der Waals surface area contributed by atoms with Gasteiger partial charge in [0.1, 0.15) is 17.1 Å². The SMILES string of the molecule is Cc1ccc(N2C(=O)/C(=C/c3ccc(-c4ccc(C(=O)O)cc4C)o3)C(=O)NC2=S)cc1Cl. The lowest BCUT2D eigenvalue weighted by Crippen LogP contribution is -2.54. The third-order valence-corrected chi connectivity index (χ3v) is 5.86. The first-order valence-corrected chi connectivity index (χ1v) is 10.6. The first-order chi connectivity index (χ1) is 15.7. The van der Waals surface area contributed by atoms with Crippen molar-refractivity contribution < 1.29 is 23.9 Å². The van der Waals surface area contributed by atoms with Gasteiger partial charge in [0.15, 0.2) is 5.11 Å². The molecule has 0 spiro atoms. The molecule has 0 bridgehead atoms. The summed E-state index contributed by atoms with van der Waals surface area (Å²) in [5, 5.41) is 12.1. The van der Waals surface area contributed by atoms with Crippen LogP contribution in [0.3, 0.4) is 0 Å². The van der Waals surface area contributed by atoms with Crippen LogP contribution in [0, 0.1) is 13.8 Å². The number of carbonyl (C=O) groups is 3. The van der Waals surface area contributed by atoms with Crippen LogP contribution >= 0.6 is 23.8 Å². The Morgan fingerprint density at radius 1 is 1.09 bits per heavy atom. The summed E-state index contributed by atoms with van der Waals surface area (Å²) < 4.78 is 5.82. The Balaban J connectivity index is 1.67. The van der Waals surface area contributed by atoms with Gasteiger partial charge in [-0.3, -0.25) is 19.8 Å². The van der Waals surface area contributed by atoms with Crippen LogP contribution in [-0.4, -0.2) is 28.0 Å². The average molecular weight is 481 g/mol. The van der Waals surface area contributed by atoms with Crippen molar-refractivity contribution >= 4 is 58.5 Å². The second-order valence-corrected chi connectivity index (χ2v) is 8.22. The summed E-state index contributed by atoms with van der Waals surface area (Å²) in [5.41, 5.74) is 2.69. The molecule has 9 heteroatoms. The molecule has 1 fully saturated rings. The lowest BCUT2D eigenvalue weighted by atomic mass is 10.0. The maximum absolute atomic E-state index is 13.1. The van der Waals surface area contributed by atoms with Gasteiger partial charge in [0, 0.05) is 10.6 Å². The van der Waals surface area contributed by atoms with Gasteiger partial charge >= 0.3 is 5.97 Å². The van der Waals surface area contributed by atoms with Gasteiger partial charge in [-0.15, -0.1) is 0 Å². The predicted molar refractivity (Wildman–Crippen MR) is 128 cm³/mol. The minimum Gasteiger partial charge on any atom is -0.478 e. The second-order valence-electron chi connectivity index (χ2n) is 7.43. The van der Waals surface area contributed by atoms with E-state index in [1.807, 2.05) is 6.92 Å². The van der Waals surface area contributed by atoms with Crippen molar-refractivity contribution in [2.24, 2.45) is 0 Å². The fraction of sp³-hybridized carbons (Fsp3) is 0.0833. The van der Waals surface area contributed by atoms with Crippen LogP contribution in [0.5, 0.6) is 0 Å². The summed E-state index contributed by atoms with van der Waals surface area (Å²) in [7, 11) is 0. The highest BCUT2D eigenvalue weighted by atomic mass is 35.5. The highest BCUT2D eigenvalue weighted by molar-refractivity contribution is 7.80. The van der Waals surface area contributed by atoms with E-state index in [9.17, 15) is 14.4 Å². The Morgan fingerprint density at radius 2 is 1.85 bits per heavy atom. The first-order valence-electron chi connectivity index (χ1n) is 9.77. The third-order valence-electron chi connectivity index (χ3n) is 5.17. The van der Waals surface area contributed by atoms with Crippen molar-refractivity contribution in [3.63, 3.8) is 0 Å². The van der Waals surface area contributed by atoms with Gasteiger partial charge < -0.3 is 9.52 Å². The van der Waals surface area contributed by atoms with Crippen molar-refractivity contribution in [1.82, 2.24) is 5.32 Å². The van der Waals surface area contributed by atoms with Gasteiger partial charge in [-0.2, -0.15) is 0 Å². The Kier molecular flexibility index (Phi) is 5.88. The summed E-state index contributed by atoms with van der Waals surface area (Å²) in [6.45, 7) is 3.60. The van der Waals surface area contributed by atoms with Crippen molar-refractivity contribution in [3.8, 4) is 11.3 Å². The minimum atomic E-state index is -1.02. The van der Waals surface area contributed by atoms with Crippen LogP contribution in [-0.2, 0) is 9.59 Å². The highest BCUT2D eigenvalue weighted by Crippen LogP contribution is 2.29. The highest BCUT2D eigenvalue weighted by Gasteiger charge is 2.35. The zero-order valence-electron chi connectivity index (χ0n) is 17.5. The summed E-state index contributed by atoms with van der Waals surface area (Å²) >= 11 is 11.4. The number of carbonyl (C=O) groups excluding carboxylic acids is 2. The molecule has 0 unspecified atom stereocenters. The van der Waals surface area contributed by atoms with Gasteiger partial charge in [0.25, 0.3) is 11.8 Å². The number of carboxylic acids is 1. The number of nitrogens with zero attached hydrogens (tertiary/aromatic N) is 1. The molecule has 1 aromatic heterocycles. The number of aryl methyl sites for hydroxylation is 2. The van der Waals surface area contributed by atoms with Crippen LogP contribution in [0.15, 0.2) is 58.5 Å². The van der Waals surface area contributed by atoms with Crippen molar-refractivity contribution in [1.29, 1.82) is 0 Å². The zero-order valence-corrected chi connectivity index (χ0v) is 19.1. The van der Waals surface area contributed by atoms with Crippen molar-refractivity contribution in [2.45, 2.75) is 13.8 Å². The lowest BCUT2D eigenvalue weighted by molar-refractivity contribution is -0.122. The summed E-state index contributed by atoms with van der Waals surface area (Å²) in [6, 6.07) is 13.0. The molecule has 33 heavy (non-hydrogen) atoms. The maximum Gasteiger partial charge on any atom is 0.335 e. The number of furan rings is 1. The van der Waals surface area contributed by atoms with E-state index in [-0.39, 0.29) is 22.0 Å². The fourth-order valence-corrected chi connectivity index (χ4v) is 3.86. The molecule has 2 aromatic carbocycles. The molecule has 0 aliphatic carbocycles. The lowest BCUT2D eigenvalue weighted by Gasteiger charge is -2.29. The largest absolute Gasteiger partial charge is 0.478 e. The maximum atomic E-state index is 13.1. The van der Waals surface area contributed by atoms with Gasteiger partial charge in [-0.1, -0.05) is 23.7 Å². The molecule has 4 rings (SSSR count). The molecule has 0 atom stereocenters. The average Bonchev–Trinajstić information content (AvgIpc) is 3.21. The van der Waals surface area contributed by atoms with E-state index in [1.54, 1.807) is 49.4 Å². The van der Waals surface area contributed by atoms with E-state index in [0.717, 1.165) is 5.56 Å². The van der Waals surface area contributed by atoms with E-state index < -0.39 is 17.8 Å². The van der Waals surface area contributed by atoms with Crippen molar-refractivity contribution in [3.05, 3.63) is 81.6 Å². The molecule has 2 N–H and O–H groups in total. The van der Waals surface area contributed by atoms with Crippen LogP contribution < -0.4 is 10.2 Å². The first kappa shape index (κ1) is 22.4. The molecule has 166 valence electrons. The van der Waals surface area contributed by atoms with Gasteiger partial charge in [-0.25, -0.2) is 4.79 Å². The number of hydrogen-bond acceptors (Lipinski definition) is 5. The van der Waals surface area contributed by atoms with Crippen LogP contribution in [0.1, 0.15) is 27.2 Å². The van der Waals surface area contributed by atoms with Crippen LogP contribution in [0.4, 0.5) is 5.69 Å². The molecule has 1 aliphatic rings. The molecule has 7 nitrogen and oxygen atoms in total. The minimum absolute atomic E-state index is 0.0450. The molecule has 3 aromatic rings. The summed E-state index contributed by atoms with van der Waals surface area (Å²) in [6.07, 6.45) is 1.34. The third kappa shape index (κ3) is 4.30. The molecular weight excluding hydrogens is 464 g/mol. The number of rotatable bonds is 4. The standard InChI is InChI=1S/C24H17ClN2O5S/c1-12-3-5-15(10-19(12)25)27-22(29)18(21(28)26-24(27)33)11-16-6-8-20(32-16)17-7-4-14(23(30)31)9-13(17)2/h3-11H,1-2H3,(H,30,31)(H,26,28,33)/b18-11+. The zero-order chi connectivity index (χ0) is 23.9. The number of aromatic carboxylic acids is 1. The molecule has 1 aliphatic heterocycles. The quantitative estimate of drug-likeness (QED) is 0.317. The van der Waals surface area contributed by atoms with Crippen LogP contribution in [0.2, 0.25) is 5.02 Å². The van der Waals surface area contributed by atoms with Gasteiger partial charge in [0.05, 0.1) is 11.3 Å². The molecule has 0 radical (unpaired) electrons. The van der Waals surface area contributed by atoms with Gasteiger partial charge in [-0.05, 0) is 79.7 Å². The number of hydrogen-bond donors (Lipinski definition) is 2. The van der Waals surface area contributed by atoms with E-state index in [4.69, 9.17) is 33.3 Å². The summed E-state index contributed by atoms with van der Waals surface area (Å²) in [4.78, 5) is 38.0. The van der Waals surface area contributed by atoms with E-state index in [1.165, 1.54) is 17.0 Å². The Morgan fingerprint density at radius 3 is 2.52 bits per heavy atom. The number of anilines is 1. The molecule has 1 saturated heterocycles. The molecule has 2 amide bonds. The topological polar surface area (TPSA) is 99.8 Å². The van der Waals surface area contributed by atoms with Crippen LogP contribution in [0.25, 0.3) is 17.4 Å². The number of thiocarbonyl (C=S) groups is 1. The predicted octanol–water partition coefficient (Wildman–Crippen LogP) is 4.75. The monoisotopic (exact) mass is 480 g/mol. The molecule has 2 heterocycles. The Labute approximate surface area is 199 Å². The van der Waals surface area contributed by atoms with E-state index >= 15 is 0 Å². The summed E-state index contributed by atoms with van der Waals surface area (Å²) in [5.74, 6) is -1.52. The smallest absolute Gasteiger partial charge is 0.335 e. The fourth-order valence-electron chi connectivity index (χ4n) is 3.40.